The van der Waals surface area contributed by atoms with Crippen molar-refractivity contribution < 1.29 is 14.4 Å². The van der Waals surface area contributed by atoms with E-state index < -0.39 is 0 Å². The topological polar surface area (TPSA) is 78.5 Å². The van der Waals surface area contributed by atoms with Gasteiger partial charge in [-0.15, -0.1) is 23.1 Å². The van der Waals surface area contributed by atoms with Crippen LogP contribution >= 0.6 is 23.1 Å². The second-order valence-corrected chi connectivity index (χ2v) is 10.8. The summed E-state index contributed by atoms with van der Waals surface area (Å²) in [5.41, 5.74) is 1.82. The third kappa shape index (κ3) is 5.80. The average molecular weight is 498 g/mol. The zero-order valence-electron chi connectivity index (χ0n) is 19.7. The molecule has 180 valence electrons. The van der Waals surface area contributed by atoms with Crippen LogP contribution in [0.4, 0.5) is 9.80 Å². The zero-order chi connectivity index (χ0) is 24.7. The Hall–Kier alpha value is -2.84. The molecule has 2 aromatic rings. The second-order valence-electron chi connectivity index (χ2n) is 8.25. The number of fused-ring (bicyclic) bond motifs is 1. The first-order valence-electron chi connectivity index (χ1n) is 11.3. The molecule has 2 aliphatic heterocycles. The normalized spacial score (nSPS) is 17.1. The van der Waals surface area contributed by atoms with Crippen LogP contribution in [0.2, 0.25) is 0 Å². The first-order chi connectivity index (χ1) is 16.4. The minimum absolute atomic E-state index is 0.0490. The van der Waals surface area contributed by atoms with E-state index in [1.807, 2.05) is 26.0 Å². The fourth-order valence-electron chi connectivity index (χ4n) is 4.13. The Bertz CT molecular complexity index is 1130. The molecule has 0 atom stereocenters. The number of amides is 3. The van der Waals surface area contributed by atoms with Gasteiger partial charge in [0.15, 0.2) is 5.78 Å². The van der Waals surface area contributed by atoms with E-state index >= 15 is 0 Å². The van der Waals surface area contributed by atoms with E-state index in [-0.39, 0.29) is 16.6 Å². The number of aryl methyl sites for hydroxylation is 1. The highest BCUT2D eigenvalue weighted by Crippen LogP contribution is 2.48. The fourth-order valence-corrected chi connectivity index (χ4v) is 6.68. The Morgan fingerprint density at radius 1 is 1.21 bits per heavy atom. The maximum Gasteiger partial charge on any atom is 0.319 e. The van der Waals surface area contributed by atoms with E-state index in [1.165, 1.54) is 10.1 Å². The number of carbonyl (C=O) groups excluding carboxylic acids is 3. The van der Waals surface area contributed by atoms with Crippen molar-refractivity contribution in [1.82, 2.24) is 10.2 Å². The van der Waals surface area contributed by atoms with Gasteiger partial charge < -0.3 is 10.2 Å². The minimum Gasteiger partial charge on any atom is -0.345 e. The molecule has 2 N–H and O–H groups in total. The maximum atomic E-state index is 12.1. The average Bonchev–Trinajstić information content (AvgIpc) is 3.15. The van der Waals surface area contributed by atoms with Crippen molar-refractivity contribution in [3.63, 3.8) is 0 Å². The molecule has 1 spiro atoms. The van der Waals surface area contributed by atoms with E-state index in [0.29, 0.717) is 18.5 Å². The third-order valence-electron chi connectivity index (χ3n) is 6.03. The Morgan fingerprint density at radius 2 is 1.91 bits per heavy atom. The number of hydrogen-bond acceptors (Lipinski definition) is 5. The molecule has 1 aromatic carbocycles. The van der Waals surface area contributed by atoms with Crippen LogP contribution in [-0.4, -0.2) is 47.5 Å². The Morgan fingerprint density at radius 3 is 2.50 bits per heavy atom. The number of piperidine rings is 1. The largest absolute Gasteiger partial charge is 0.345 e. The van der Waals surface area contributed by atoms with Crippen molar-refractivity contribution in [3.8, 4) is 0 Å². The minimum atomic E-state index is -0.142. The van der Waals surface area contributed by atoms with Crippen molar-refractivity contribution >= 4 is 56.4 Å². The molecule has 6 nitrogen and oxygen atoms in total. The van der Waals surface area contributed by atoms with E-state index in [2.05, 4.69) is 35.9 Å². The number of ketones is 1. The molecule has 0 aliphatic carbocycles. The first kappa shape index (κ1) is 25.8. The van der Waals surface area contributed by atoms with Crippen LogP contribution in [0.25, 0.3) is 10.1 Å². The smallest absolute Gasteiger partial charge is 0.319 e. The van der Waals surface area contributed by atoms with Gasteiger partial charge in [0.05, 0.1) is 0 Å². The number of hydrogen-bond donors (Lipinski definition) is 2. The lowest BCUT2D eigenvalue weighted by atomic mass is 9.88. The van der Waals surface area contributed by atoms with Gasteiger partial charge in [0.2, 0.25) is 6.41 Å². The molecule has 3 heterocycles. The van der Waals surface area contributed by atoms with Crippen molar-refractivity contribution in [2.75, 3.05) is 25.0 Å². The van der Waals surface area contributed by atoms with Gasteiger partial charge in [-0.05, 0) is 43.7 Å². The van der Waals surface area contributed by atoms with Crippen LogP contribution in [0.15, 0.2) is 60.1 Å². The number of thioether (sulfide) groups is 1. The summed E-state index contributed by atoms with van der Waals surface area (Å²) in [6, 6.07) is 8.02. The summed E-state index contributed by atoms with van der Waals surface area (Å²) in [6.07, 6.45) is 6.53. The zero-order valence-corrected chi connectivity index (χ0v) is 21.3. The van der Waals surface area contributed by atoms with Gasteiger partial charge >= 0.3 is 6.03 Å². The molecule has 34 heavy (non-hydrogen) atoms. The fraction of sp³-hybridized carbons (Fsp3) is 0.346. The van der Waals surface area contributed by atoms with Crippen LogP contribution in [0.5, 0.6) is 0 Å². The number of nitrogens with one attached hydrogen (secondary N) is 2. The van der Waals surface area contributed by atoms with E-state index in [0.717, 1.165) is 47.8 Å². The van der Waals surface area contributed by atoms with Gasteiger partial charge in [-0.2, -0.15) is 0 Å². The van der Waals surface area contributed by atoms with Crippen LogP contribution in [0.1, 0.15) is 31.7 Å². The molecule has 3 amide bonds. The number of nitrogens with zero attached hydrogens (tertiary/aromatic N) is 1. The lowest BCUT2D eigenvalue weighted by molar-refractivity contribution is -0.119. The predicted molar refractivity (Wildman–Crippen MR) is 143 cm³/mol. The maximum absolute atomic E-state index is 12.1. The monoisotopic (exact) mass is 497 g/mol. The van der Waals surface area contributed by atoms with Gasteiger partial charge in [-0.25, -0.2) is 4.79 Å². The van der Waals surface area contributed by atoms with Crippen LogP contribution in [0, 0.1) is 6.92 Å². The number of thiophene rings is 1. The summed E-state index contributed by atoms with van der Waals surface area (Å²) in [5, 5.41) is 7.72. The molecule has 4 rings (SSSR count). The molecule has 0 unspecified atom stereocenters. The number of benzene rings is 1. The van der Waals surface area contributed by atoms with E-state index in [9.17, 15) is 14.4 Å². The van der Waals surface area contributed by atoms with E-state index in [4.69, 9.17) is 0 Å². The number of anilines is 1. The number of likely N-dealkylation sites (tertiary alicyclic amines) is 1. The highest BCUT2D eigenvalue weighted by atomic mass is 32.2. The van der Waals surface area contributed by atoms with Crippen molar-refractivity contribution in [1.29, 1.82) is 0 Å². The first-order valence-corrected chi connectivity index (χ1v) is 12.9. The molecular formula is C26H31N3O3S2. The molecular weight excluding hydrogens is 466 g/mol. The number of rotatable bonds is 5. The number of urea groups is 1. The van der Waals surface area contributed by atoms with Crippen LogP contribution in [0.3, 0.4) is 0 Å². The van der Waals surface area contributed by atoms with Gasteiger partial charge in [0, 0.05) is 46.0 Å². The molecule has 8 heteroatoms. The van der Waals surface area contributed by atoms with Gasteiger partial charge in [0.25, 0.3) is 0 Å². The molecule has 0 saturated carbocycles. The highest BCUT2D eigenvalue weighted by Gasteiger charge is 2.41. The Balaban J connectivity index is 0.000000192. The number of carbonyl (C=O) groups is 3. The van der Waals surface area contributed by atoms with Gasteiger partial charge in [0.1, 0.15) is 5.00 Å². The predicted octanol–water partition coefficient (Wildman–Crippen LogP) is 5.66. The summed E-state index contributed by atoms with van der Waals surface area (Å²) in [5.74, 6) is 0.151. The van der Waals surface area contributed by atoms with Gasteiger partial charge in [-0.1, -0.05) is 43.5 Å². The summed E-state index contributed by atoms with van der Waals surface area (Å²) >= 11 is 3.34. The van der Waals surface area contributed by atoms with Crippen molar-refractivity contribution in [2.24, 2.45) is 0 Å². The molecule has 0 bridgehead atoms. The summed E-state index contributed by atoms with van der Waals surface area (Å²) in [4.78, 5) is 37.0. The van der Waals surface area contributed by atoms with Crippen molar-refractivity contribution in [2.45, 2.75) is 37.9 Å². The number of allylic oxidation sites excluding steroid dienone is 3. The lowest BCUT2D eigenvalue weighted by Gasteiger charge is -2.42. The second kappa shape index (κ2) is 11.5. The van der Waals surface area contributed by atoms with Crippen LogP contribution < -0.4 is 10.6 Å². The SMILES string of the molecule is C=CC1=C(C=C)C(=O)CC2(CCN(C=O)CC2)S1.CCNC(=O)Nc1sc2ccccc2c1C. The van der Waals surface area contributed by atoms with Gasteiger partial charge in [-0.3, -0.25) is 14.9 Å². The molecule has 2 aliphatic rings. The molecule has 1 fully saturated rings. The quantitative estimate of drug-likeness (QED) is 0.523. The summed E-state index contributed by atoms with van der Waals surface area (Å²) in [7, 11) is 0. The summed E-state index contributed by atoms with van der Waals surface area (Å²) < 4.78 is 1.15. The highest BCUT2D eigenvalue weighted by molar-refractivity contribution is 8.04. The standard InChI is InChI=1S/C14H17NO2S.C12H14N2OS/c1-3-11-12(17)9-14(18-13(11)4-2)5-7-15(10-16)8-6-14;1-3-13-12(15)14-11-8(2)9-6-4-5-7-10(9)16-11/h3-4,10H,1-2,5-9H2;4-7H,3H2,1-2H3,(H2,13,14,15). The lowest BCUT2D eigenvalue weighted by Crippen LogP contribution is -2.44. The molecule has 0 radical (unpaired) electrons. The van der Waals surface area contributed by atoms with E-state index in [1.54, 1.807) is 40.2 Å². The molecule has 1 aromatic heterocycles. The Labute approximate surface area is 209 Å². The summed E-state index contributed by atoms with van der Waals surface area (Å²) in [6.45, 7) is 13.5. The third-order valence-corrected chi connectivity index (χ3v) is 8.81. The Kier molecular flexibility index (Phi) is 8.74. The van der Waals surface area contributed by atoms with Crippen molar-refractivity contribution in [3.05, 3.63) is 65.6 Å². The number of Topliss-reactive ketones (excluding diaryl/α,β-unsaturated/α-hetero) is 1. The molecule has 1 saturated heterocycles. The van der Waals surface area contributed by atoms with Crippen LogP contribution in [-0.2, 0) is 9.59 Å².